The summed E-state index contributed by atoms with van der Waals surface area (Å²) in [5, 5.41) is 1.79. The summed E-state index contributed by atoms with van der Waals surface area (Å²) >= 11 is 6.76. The van der Waals surface area contributed by atoms with E-state index in [-0.39, 0.29) is 6.03 Å². The SMILES string of the molecule is CCN(CC)C(=O)Nn1c(Cl)c2c3c(cccc31)C1=CCCN(C)[C@@H]1C2. The van der Waals surface area contributed by atoms with Gasteiger partial charge in [-0.2, -0.15) is 0 Å². The average molecular weight is 373 g/mol. The van der Waals surface area contributed by atoms with E-state index >= 15 is 0 Å². The standard InChI is InChI=1S/C20H25ClN4O/c1-4-24(5-2)20(26)22-25-16-10-6-8-14-13-9-7-11-23(3)17(13)12-15(18(14)16)19(25)21/h6,8-10,17H,4-5,7,11-12H2,1-3H3,(H,22,26)/t17-/m1/s1. The molecule has 1 N–H and O–H groups in total. The molecule has 0 saturated carbocycles. The zero-order valence-electron chi connectivity index (χ0n) is 15.6. The highest BCUT2D eigenvalue weighted by Gasteiger charge is 2.33. The molecule has 1 aromatic heterocycles. The molecule has 0 bridgehead atoms. The Hall–Kier alpha value is -1.98. The molecule has 1 aromatic carbocycles. The molecule has 0 fully saturated rings. The van der Waals surface area contributed by atoms with Crippen molar-refractivity contribution in [3.05, 3.63) is 40.6 Å². The number of halogens is 1. The molecule has 1 aliphatic carbocycles. The van der Waals surface area contributed by atoms with Gasteiger partial charge in [0.15, 0.2) is 0 Å². The number of amides is 2. The zero-order chi connectivity index (χ0) is 18.4. The van der Waals surface area contributed by atoms with Crippen molar-refractivity contribution in [2.75, 3.05) is 32.1 Å². The largest absolute Gasteiger partial charge is 0.336 e. The first-order valence-electron chi connectivity index (χ1n) is 9.35. The van der Waals surface area contributed by atoms with Crippen molar-refractivity contribution in [2.45, 2.75) is 32.7 Å². The van der Waals surface area contributed by atoms with Crippen LogP contribution >= 0.6 is 11.6 Å². The normalized spacial score (nSPS) is 19.2. The minimum Gasteiger partial charge on any atom is -0.324 e. The van der Waals surface area contributed by atoms with Crippen LogP contribution in [0.2, 0.25) is 5.15 Å². The van der Waals surface area contributed by atoms with Crippen LogP contribution in [-0.4, -0.2) is 53.2 Å². The summed E-state index contributed by atoms with van der Waals surface area (Å²) in [4.78, 5) is 16.7. The molecule has 2 aliphatic rings. The molecule has 0 unspecified atom stereocenters. The molecule has 2 aromatic rings. The monoisotopic (exact) mass is 372 g/mol. The number of hydrogen-bond donors (Lipinski definition) is 1. The van der Waals surface area contributed by atoms with Crippen LogP contribution in [0.4, 0.5) is 4.79 Å². The van der Waals surface area contributed by atoms with Gasteiger partial charge in [0.05, 0.1) is 5.52 Å². The Morgan fingerprint density at radius 1 is 1.35 bits per heavy atom. The van der Waals surface area contributed by atoms with Crippen molar-refractivity contribution in [3.8, 4) is 0 Å². The quantitative estimate of drug-likeness (QED) is 0.886. The van der Waals surface area contributed by atoms with Crippen molar-refractivity contribution in [1.82, 2.24) is 14.5 Å². The van der Waals surface area contributed by atoms with Crippen LogP contribution in [0.25, 0.3) is 16.5 Å². The van der Waals surface area contributed by atoms with Gasteiger partial charge in [-0.1, -0.05) is 29.8 Å². The predicted molar refractivity (Wildman–Crippen MR) is 107 cm³/mol. The number of hydrogen-bond acceptors (Lipinski definition) is 2. The number of carbonyl (C=O) groups is 1. The minimum atomic E-state index is -0.126. The fraction of sp³-hybridized carbons (Fsp3) is 0.450. The van der Waals surface area contributed by atoms with Gasteiger partial charge in [-0.25, -0.2) is 14.9 Å². The maximum Gasteiger partial charge on any atom is 0.336 e. The Kier molecular flexibility index (Phi) is 4.45. The van der Waals surface area contributed by atoms with Crippen molar-refractivity contribution in [1.29, 1.82) is 0 Å². The van der Waals surface area contributed by atoms with Gasteiger partial charge in [0.2, 0.25) is 0 Å². The number of carbonyl (C=O) groups excluding carboxylic acids is 1. The highest BCUT2D eigenvalue weighted by molar-refractivity contribution is 6.32. The van der Waals surface area contributed by atoms with Crippen molar-refractivity contribution < 1.29 is 4.79 Å². The van der Waals surface area contributed by atoms with Gasteiger partial charge in [0.1, 0.15) is 5.15 Å². The Labute approximate surface area is 159 Å². The molecule has 0 spiro atoms. The summed E-state index contributed by atoms with van der Waals surface area (Å²) in [6.07, 6.45) is 4.31. The number of aromatic nitrogens is 1. The second-order valence-corrected chi connectivity index (χ2v) is 7.40. The molecule has 138 valence electrons. The Bertz CT molecular complexity index is 897. The number of urea groups is 1. The zero-order valence-corrected chi connectivity index (χ0v) is 16.3. The summed E-state index contributed by atoms with van der Waals surface area (Å²) in [6.45, 7) is 6.34. The lowest BCUT2D eigenvalue weighted by Gasteiger charge is -2.36. The van der Waals surface area contributed by atoms with Gasteiger partial charge >= 0.3 is 6.03 Å². The van der Waals surface area contributed by atoms with Crippen LogP contribution in [0.15, 0.2) is 24.3 Å². The molecule has 1 atom stereocenters. The van der Waals surface area contributed by atoms with E-state index in [0.717, 1.165) is 30.5 Å². The third-order valence-electron chi connectivity index (χ3n) is 5.73. The number of fused-ring (bicyclic) bond motifs is 2. The van der Waals surface area contributed by atoms with E-state index in [1.54, 1.807) is 9.58 Å². The summed E-state index contributed by atoms with van der Waals surface area (Å²) in [5.74, 6) is 0. The van der Waals surface area contributed by atoms with E-state index in [2.05, 4.69) is 35.6 Å². The summed E-state index contributed by atoms with van der Waals surface area (Å²) in [7, 11) is 2.18. The topological polar surface area (TPSA) is 40.5 Å². The molecule has 0 saturated heterocycles. The first-order valence-corrected chi connectivity index (χ1v) is 9.73. The maximum atomic E-state index is 12.6. The number of benzene rings is 1. The molecule has 26 heavy (non-hydrogen) atoms. The van der Waals surface area contributed by atoms with Crippen LogP contribution in [0.1, 0.15) is 31.4 Å². The predicted octanol–water partition coefficient (Wildman–Crippen LogP) is 3.94. The third-order valence-corrected chi connectivity index (χ3v) is 6.13. The lowest BCUT2D eigenvalue weighted by atomic mass is 9.82. The highest BCUT2D eigenvalue weighted by atomic mass is 35.5. The van der Waals surface area contributed by atoms with Gasteiger partial charge in [-0.15, -0.1) is 0 Å². The fourth-order valence-corrected chi connectivity index (χ4v) is 4.61. The maximum absolute atomic E-state index is 12.6. The van der Waals surface area contributed by atoms with Crippen molar-refractivity contribution >= 4 is 34.1 Å². The molecule has 2 amide bonds. The first-order chi connectivity index (χ1) is 12.6. The smallest absolute Gasteiger partial charge is 0.324 e. The van der Waals surface area contributed by atoms with Crippen molar-refractivity contribution in [3.63, 3.8) is 0 Å². The summed E-state index contributed by atoms with van der Waals surface area (Å²) in [6, 6.07) is 6.49. The number of rotatable bonds is 3. The second-order valence-electron chi connectivity index (χ2n) is 7.04. The Morgan fingerprint density at radius 2 is 2.12 bits per heavy atom. The van der Waals surface area contributed by atoms with Gasteiger partial charge in [0, 0.05) is 36.6 Å². The van der Waals surface area contributed by atoms with Gasteiger partial charge in [-0.3, -0.25) is 4.90 Å². The third kappa shape index (κ3) is 2.53. The number of likely N-dealkylation sites (N-methyl/N-ethyl adjacent to an activating group) is 1. The molecule has 2 heterocycles. The van der Waals surface area contributed by atoms with Crippen LogP contribution in [0, 0.1) is 0 Å². The lowest BCUT2D eigenvalue weighted by Crippen LogP contribution is -2.39. The highest BCUT2D eigenvalue weighted by Crippen LogP contribution is 2.43. The molecule has 5 nitrogen and oxygen atoms in total. The minimum absolute atomic E-state index is 0.126. The van der Waals surface area contributed by atoms with E-state index in [4.69, 9.17) is 11.6 Å². The van der Waals surface area contributed by atoms with E-state index in [9.17, 15) is 4.79 Å². The van der Waals surface area contributed by atoms with E-state index in [1.165, 1.54) is 16.5 Å². The van der Waals surface area contributed by atoms with E-state index < -0.39 is 0 Å². The Morgan fingerprint density at radius 3 is 2.85 bits per heavy atom. The van der Waals surface area contributed by atoms with E-state index in [0.29, 0.717) is 24.3 Å². The van der Waals surface area contributed by atoms with Crippen LogP contribution in [-0.2, 0) is 6.42 Å². The van der Waals surface area contributed by atoms with E-state index in [1.807, 2.05) is 19.9 Å². The molecular formula is C20H25ClN4O. The average Bonchev–Trinajstić information content (AvgIpc) is 2.91. The van der Waals surface area contributed by atoms with Crippen LogP contribution < -0.4 is 5.43 Å². The van der Waals surface area contributed by atoms with Gasteiger partial charge in [0.25, 0.3) is 0 Å². The number of nitrogens with zero attached hydrogens (tertiary/aromatic N) is 3. The molecule has 0 radical (unpaired) electrons. The number of nitrogens with one attached hydrogen (secondary N) is 1. The molecule has 4 rings (SSSR count). The summed E-state index contributed by atoms with van der Waals surface area (Å²) in [5.41, 5.74) is 7.73. The lowest BCUT2D eigenvalue weighted by molar-refractivity contribution is 0.214. The first kappa shape index (κ1) is 17.4. The van der Waals surface area contributed by atoms with Crippen LogP contribution in [0.5, 0.6) is 0 Å². The molecule has 1 aliphatic heterocycles. The second kappa shape index (κ2) is 6.63. The van der Waals surface area contributed by atoms with Crippen LogP contribution in [0.3, 0.4) is 0 Å². The van der Waals surface area contributed by atoms with Gasteiger partial charge < -0.3 is 4.90 Å². The summed E-state index contributed by atoms with van der Waals surface area (Å²) < 4.78 is 1.76. The van der Waals surface area contributed by atoms with Crippen molar-refractivity contribution in [2.24, 2.45) is 0 Å². The molecule has 6 heteroatoms. The fourth-order valence-electron chi connectivity index (χ4n) is 4.30. The molecular weight excluding hydrogens is 348 g/mol. The Balaban J connectivity index is 1.84. The van der Waals surface area contributed by atoms with Gasteiger partial charge in [-0.05, 0) is 50.9 Å².